The highest BCUT2D eigenvalue weighted by atomic mass is 32.2. The standard InChI is InChI=1S/C9H15F3N4S/c1-4-6(13)7(9(10,11)12)17-8-15-14-5(2)16(8)3/h6-7H,4,13H2,1-3H3. The number of aromatic nitrogens is 3. The van der Waals surface area contributed by atoms with Crippen LogP contribution in [0.5, 0.6) is 0 Å². The Bertz CT molecular complexity index is 377. The third-order valence-electron chi connectivity index (χ3n) is 2.47. The van der Waals surface area contributed by atoms with Crippen LogP contribution in [0.3, 0.4) is 0 Å². The highest BCUT2D eigenvalue weighted by molar-refractivity contribution is 7.99. The van der Waals surface area contributed by atoms with Gasteiger partial charge in [-0.3, -0.25) is 0 Å². The number of aryl methyl sites for hydroxylation is 1. The number of hydrogen-bond donors (Lipinski definition) is 1. The van der Waals surface area contributed by atoms with E-state index >= 15 is 0 Å². The molecule has 8 heteroatoms. The summed E-state index contributed by atoms with van der Waals surface area (Å²) in [5, 5.41) is 6.00. The van der Waals surface area contributed by atoms with Crippen LogP contribution in [-0.4, -0.2) is 32.2 Å². The van der Waals surface area contributed by atoms with E-state index in [9.17, 15) is 13.2 Å². The summed E-state index contributed by atoms with van der Waals surface area (Å²) in [5.74, 6) is 0.568. The number of thioether (sulfide) groups is 1. The lowest BCUT2D eigenvalue weighted by Gasteiger charge is -2.24. The van der Waals surface area contributed by atoms with Gasteiger partial charge in [0, 0.05) is 13.1 Å². The number of nitrogens with two attached hydrogens (primary N) is 1. The molecule has 4 nitrogen and oxygen atoms in total. The Labute approximate surface area is 102 Å². The summed E-state index contributed by atoms with van der Waals surface area (Å²) < 4.78 is 40.0. The van der Waals surface area contributed by atoms with E-state index in [0.717, 1.165) is 0 Å². The van der Waals surface area contributed by atoms with E-state index in [1.165, 1.54) is 4.57 Å². The van der Waals surface area contributed by atoms with E-state index in [-0.39, 0.29) is 11.6 Å². The summed E-state index contributed by atoms with van der Waals surface area (Å²) in [6, 6.07) is -0.947. The SMILES string of the molecule is CCC(N)C(Sc1nnc(C)n1C)C(F)(F)F. The molecule has 1 heterocycles. The van der Waals surface area contributed by atoms with Crippen molar-refractivity contribution in [1.82, 2.24) is 14.8 Å². The largest absolute Gasteiger partial charge is 0.402 e. The van der Waals surface area contributed by atoms with Crippen molar-refractivity contribution in [3.63, 3.8) is 0 Å². The molecular weight excluding hydrogens is 253 g/mol. The Morgan fingerprint density at radius 3 is 2.35 bits per heavy atom. The van der Waals surface area contributed by atoms with Crippen molar-refractivity contribution in [2.24, 2.45) is 12.8 Å². The minimum absolute atomic E-state index is 0.230. The minimum Gasteiger partial charge on any atom is -0.326 e. The molecule has 0 saturated heterocycles. The lowest BCUT2D eigenvalue weighted by Crippen LogP contribution is -2.42. The summed E-state index contributed by atoms with van der Waals surface area (Å²) in [6.07, 6.45) is -4.09. The highest BCUT2D eigenvalue weighted by Gasteiger charge is 2.44. The van der Waals surface area contributed by atoms with Gasteiger partial charge >= 0.3 is 6.18 Å². The third-order valence-corrected chi connectivity index (χ3v) is 3.90. The van der Waals surface area contributed by atoms with Crippen molar-refractivity contribution >= 4 is 11.8 Å². The second-order valence-corrected chi connectivity index (χ2v) is 4.85. The van der Waals surface area contributed by atoms with Crippen molar-refractivity contribution in [3.8, 4) is 0 Å². The van der Waals surface area contributed by atoms with Crippen molar-refractivity contribution in [3.05, 3.63) is 5.82 Å². The Kier molecular flexibility index (Phi) is 4.42. The molecule has 0 bridgehead atoms. The van der Waals surface area contributed by atoms with Crippen LogP contribution in [0.25, 0.3) is 0 Å². The molecule has 0 radical (unpaired) electrons. The van der Waals surface area contributed by atoms with E-state index in [1.54, 1.807) is 20.9 Å². The van der Waals surface area contributed by atoms with Crippen LogP contribution >= 0.6 is 11.8 Å². The molecule has 0 amide bonds. The number of rotatable bonds is 4. The first-order valence-electron chi connectivity index (χ1n) is 5.12. The molecule has 2 N–H and O–H groups in total. The summed E-state index contributed by atoms with van der Waals surface area (Å²) in [6.45, 7) is 3.31. The van der Waals surface area contributed by atoms with Gasteiger partial charge < -0.3 is 10.3 Å². The second kappa shape index (κ2) is 5.26. The number of nitrogens with zero attached hydrogens (tertiary/aromatic N) is 3. The van der Waals surface area contributed by atoms with Gasteiger partial charge in [-0.25, -0.2) is 0 Å². The first kappa shape index (κ1) is 14.3. The maximum atomic E-state index is 12.8. The lowest BCUT2D eigenvalue weighted by molar-refractivity contribution is -0.132. The molecule has 17 heavy (non-hydrogen) atoms. The van der Waals surface area contributed by atoms with E-state index in [1.807, 2.05) is 0 Å². The van der Waals surface area contributed by atoms with Crippen molar-refractivity contribution < 1.29 is 13.2 Å². The van der Waals surface area contributed by atoms with Gasteiger partial charge in [0.2, 0.25) is 0 Å². The van der Waals surface area contributed by atoms with Crippen LogP contribution < -0.4 is 5.73 Å². The molecule has 0 aliphatic rings. The van der Waals surface area contributed by atoms with Crippen LogP contribution in [0.1, 0.15) is 19.2 Å². The summed E-state index contributed by atoms with van der Waals surface area (Å²) in [7, 11) is 1.63. The first-order chi connectivity index (χ1) is 7.77. The van der Waals surface area contributed by atoms with Gasteiger partial charge in [0.05, 0.1) is 0 Å². The summed E-state index contributed by atoms with van der Waals surface area (Å²) >= 11 is 0.615. The molecule has 0 fully saturated rings. The average molecular weight is 268 g/mol. The van der Waals surface area contributed by atoms with Gasteiger partial charge in [0.15, 0.2) is 5.16 Å². The Hall–Kier alpha value is -0.760. The van der Waals surface area contributed by atoms with Crippen LogP contribution in [-0.2, 0) is 7.05 Å². The molecule has 0 aliphatic carbocycles. The summed E-state index contributed by atoms with van der Waals surface area (Å²) in [4.78, 5) is 0. The maximum Gasteiger partial charge on any atom is 0.402 e. The summed E-state index contributed by atoms with van der Waals surface area (Å²) in [5.41, 5.74) is 5.51. The van der Waals surface area contributed by atoms with Crippen LogP contribution in [0.4, 0.5) is 13.2 Å². The molecule has 0 aliphatic heterocycles. The first-order valence-corrected chi connectivity index (χ1v) is 6.00. The second-order valence-electron chi connectivity index (χ2n) is 3.74. The van der Waals surface area contributed by atoms with Gasteiger partial charge in [-0.05, 0) is 13.3 Å². The van der Waals surface area contributed by atoms with Crippen molar-refractivity contribution in [2.45, 2.75) is 42.9 Å². The predicted octanol–water partition coefficient (Wildman–Crippen LogP) is 1.88. The molecular formula is C9H15F3N4S. The number of halogens is 3. The van der Waals surface area contributed by atoms with Gasteiger partial charge in [-0.15, -0.1) is 10.2 Å². The molecule has 98 valence electrons. The van der Waals surface area contributed by atoms with Crippen LogP contribution in [0.15, 0.2) is 5.16 Å². The van der Waals surface area contributed by atoms with E-state index in [2.05, 4.69) is 10.2 Å². The fourth-order valence-corrected chi connectivity index (χ4v) is 2.32. The van der Waals surface area contributed by atoms with Gasteiger partial charge in [0.1, 0.15) is 11.1 Å². The highest BCUT2D eigenvalue weighted by Crippen LogP contribution is 2.36. The predicted molar refractivity (Wildman–Crippen MR) is 59.7 cm³/mol. The molecule has 1 aromatic heterocycles. The van der Waals surface area contributed by atoms with E-state index < -0.39 is 17.5 Å². The normalized spacial score (nSPS) is 15.9. The van der Waals surface area contributed by atoms with E-state index in [4.69, 9.17) is 5.73 Å². The average Bonchev–Trinajstić information content (AvgIpc) is 2.54. The monoisotopic (exact) mass is 268 g/mol. The Morgan fingerprint density at radius 1 is 1.41 bits per heavy atom. The third kappa shape index (κ3) is 3.35. The number of hydrogen-bond acceptors (Lipinski definition) is 4. The van der Waals surface area contributed by atoms with Gasteiger partial charge in [0.25, 0.3) is 0 Å². The zero-order chi connectivity index (χ0) is 13.2. The fourth-order valence-electron chi connectivity index (χ4n) is 1.21. The minimum atomic E-state index is -4.35. The van der Waals surface area contributed by atoms with Gasteiger partial charge in [-0.1, -0.05) is 18.7 Å². The molecule has 0 spiro atoms. The Morgan fingerprint density at radius 2 is 2.00 bits per heavy atom. The Balaban J connectivity index is 2.91. The maximum absolute atomic E-state index is 12.8. The molecule has 2 atom stereocenters. The fraction of sp³-hybridized carbons (Fsp3) is 0.778. The van der Waals surface area contributed by atoms with Crippen molar-refractivity contribution in [1.29, 1.82) is 0 Å². The topological polar surface area (TPSA) is 56.7 Å². The van der Waals surface area contributed by atoms with Crippen LogP contribution in [0.2, 0.25) is 0 Å². The molecule has 0 saturated carbocycles. The zero-order valence-electron chi connectivity index (χ0n) is 9.82. The smallest absolute Gasteiger partial charge is 0.326 e. The van der Waals surface area contributed by atoms with Crippen molar-refractivity contribution in [2.75, 3.05) is 0 Å². The zero-order valence-corrected chi connectivity index (χ0v) is 10.6. The number of alkyl halides is 3. The quantitative estimate of drug-likeness (QED) is 0.847. The molecule has 2 unspecified atom stereocenters. The molecule has 1 aromatic rings. The lowest BCUT2D eigenvalue weighted by atomic mass is 10.1. The molecule has 0 aromatic carbocycles. The molecule has 1 rings (SSSR count). The van der Waals surface area contributed by atoms with E-state index in [0.29, 0.717) is 17.6 Å². The van der Waals surface area contributed by atoms with Crippen LogP contribution in [0, 0.1) is 6.92 Å². The van der Waals surface area contributed by atoms with Gasteiger partial charge in [-0.2, -0.15) is 13.2 Å².